The summed E-state index contributed by atoms with van der Waals surface area (Å²) in [6.07, 6.45) is 1.61. The number of carbonyl (C=O) groups is 1. The molecule has 0 saturated heterocycles. The Morgan fingerprint density at radius 3 is 2.67 bits per heavy atom. The van der Waals surface area contributed by atoms with E-state index in [4.69, 9.17) is 0 Å². The number of hydrogen-bond donors (Lipinski definition) is 3. The number of nitrogens with one attached hydrogen (secondary N) is 2. The van der Waals surface area contributed by atoms with Crippen molar-refractivity contribution in [1.29, 1.82) is 0 Å². The van der Waals surface area contributed by atoms with Gasteiger partial charge in [0.25, 0.3) is 0 Å². The van der Waals surface area contributed by atoms with E-state index in [0.29, 0.717) is 6.54 Å². The van der Waals surface area contributed by atoms with Crippen LogP contribution in [0.15, 0.2) is 12.7 Å². The molecule has 0 aromatic rings. The van der Waals surface area contributed by atoms with Gasteiger partial charge >= 0.3 is 6.03 Å². The van der Waals surface area contributed by atoms with Gasteiger partial charge < -0.3 is 5.73 Å². The number of carbonyl (C=O) groups excluding carboxylic acids is 1. The zero-order valence-corrected chi connectivity index (χ0v) is 5.70. The lowest BCUT2D eigenvalue weighted by Crippen LogP contribution is -2.40. The molecule has 0 aromatic carbocycles. The monoisotopic (exact) mass is 151 g/mol. The van der Waals surface area contributed by atoms with E-state index >= 15 is 0 Å². The Morgan fingerprint density at radius 1 is 1.78 bits per heavy atom. The third kappa shape index (κ3) is 11.1. The summed E-state index contributed by atoms with van der Waals surface area (Å²) in [5, 5.41) is 0. The summed E-state index contributed by atoms with van der Waals surface area (Å²) in [7, 11) is 0. The van der Waals surface area contributed by atoms with Crippen molar-refractivity contribution in [1.82, 2.24) is 10.9 Å². The van der Waals surface area contributed by atoms with Crippen molar-refractivity contribution in [3.63, 3.8) is 0 Å². The summed E-state index contributed by atoms with van der Waals surface area (Å²) >= 11 is 0. The molecule has 0 rings (SSSR count). The summed E-state index contributed by atoms with van der Waals surface area (Å²) in [5.41, 5.74) is 9.34. The van der Waals surface area contributed by atoms with Gasteiger partial charge in [0.2, 0.25) is 0 Å². The van der Waals surface area contributed by atoms with Crippen LogP contribution in [0, 0.1) is 0 Å². The number of hydrazine groups is 1. The number of urea groups is 1. The number of nitrogens with two attached hydrogens (primary N) is 1. The quantitative estimate of drug-likeness (QED) is 0.296. The van der Waals surface area contributed by atoms with E-state index in [1.54, 1.807) is 6.08 Å². The average molecular weight is 152 g/mol. The van der Waals surface area contributed by atoms with Gasteiger partial charge in [0.1, 0.15) is 0 Å². The highest BCUT2D eigenvalue weighted by Gasteiger charge is 1.82. The highest BCUT2D eigenvalue weighted by molar-refractivity contribution is 5.85. The van der Waals surface area contributed by atoms with Crippen molar-refractivity contribution in [2.24, 2.45) is 5.73 Å². The van der Waals surface area contributed by atoms with Gasteiger partial charge in [-0.1, -0.05) is 6.08 Å². The first kappa shape index (κ1) is 11.1. The van der Waals surface area contributed by atoms with Crippen LogP contribution >= 0.6 is 12.4 Å². The van der Waals surface area contributed by atoms with E-state index in [9.17, 15) is 4.79 Å². The lowest BCUT2D eigenvalue weighted by molar-refractivity contribution is 0.245. The van der Waals surface area contributed by atoms with Crippen LogP contribution in [0.5, 0.6) is 0 Å². The van der Waals surface area contributed by atoms with E-state index < -0.39 is 6.03 Å². The van der Waals surface area contributed by atoms with E-state index in [0.717, 1.165) is 0 Å². The molecule has 2 amide bonds. The fourth-order valence-electron chi connectivity index (χ4n) is 0.210. The molecule has 9 heavy (non-hydrogen) atoms. The number of hydrogen-bond acceptors (Lipinski definition) is 2. The van der Waals surface area contributed by atoms with Gasteiger partial charge in [-0.25, -0.2) is 10.2 Å². The standard InChI is InChI=1S/C4H9N3O.ClH/c1-2-3-6-7-4(5)8;/h2,6H,1,3H2,(H3,5,7,8);1H. The largest absolute Gasteiger partial charge is 0.351 e. The molecule has 0 spiro atoms. The van der Waals surface area contributed by atoms with Gasteiger partial charge in [0.15, 0.2) is 0 Å². The number of rotatable bonds is 3. The minimum absolute atomic E-state index is 0. The van der Waals surface area contributed by atoms with E-state index in [1.807, 2.05) is 0 Å². The normalized spacial score (nSPS) is 7.11. The molecular weight excluding hydrogens is 142 g/mol. The summed E-state index contributed by atoms with van der Waals surface area (Å²) < 4.78 is 0. The van der Waals surface area contributed by atoms with Crippen LogP contribution in [-0.4, -0.2) is 12.6 Å². The van der Waals surface area contributed by atoms with Crippen molar-refractivity contribution in [2.45, 2.75) is 0 Å². The number of primary amides is 1. The molecule has 0 aliphatic heterocycles. The molecule has 0 aliphatic rings. The molecule has 5 heteroatoms. The maximum absolute atomic E-state index is 9.89. The molecule has 0 aromatic heterocycles. The van der Waals surface area contributed by atoms with Crippen molar-refractivity contribution >= 4 is 18.4 Å². The van der Waals surface area contributed by atoms with Crippen molar-refractivity contribution in [2.75, 3.05) is 6.54 Å². The lowest BCUT2D eigenvalue weighted by Gasteiger charge is -1.97. The Labute approximate surface area is 59.9 Å². The molecule has 0 aliphatic carbocycles. The highest BCUT2D eigenvalue weighted by atomic mass is 35.5. The molecule has 0 radical (unpaired) electrons. The van der Waals surface area contributed by atoms with Crippen LogP contribution in [-0.2, 0) is 0 Å². The molecule has 4 nitrogen and oxygen atoms in total. The molecule has 0 unspecified atom stereocenters. The minimum atomic E-state index is -0.591. The lowest BCUT2D eigenvalue weighted by atomic mass is 10.7. The minimum Gasteiger partial charge on any atom is -0.351 e. The second-order valence-electron chi connectivity index (χ2n) is 1.16. The van der Waals surface area contributed by atoms with Gasteiger partial charge in [-0.2, -0.15) is 0 Å². The molecule has 4 N–H and O–H groups in total. The van der Waals surface area contributed by atoms with Crippen LogP contribution < -0.4 is 16.6 Å². The predicted molar refractivity (Wildman–Crippen MR) is 38.2 cm³/mol. The SMILES string of the molecule is C=CCNNC(N)=O.Cl. The Morgan fingerprint density at radius 2 is 2.33 bits per heavy atom. The van der Waals surface area contributed by atoms with Crippen LogP contribution in [0.1, 0.15) is 0 Å². The first-order chi connectivity index (χ1) is 3.77. The summed E-state index contributed by atoms with van der Waals surface area (Å²) in [5.74, 6) is 0. The number of amides is 2. The predicted octanol–water partition coefficient (Wildman–Crippen LogP) is -0.233. The summed E-state index contributed by atoms with van der Waals surface area (Å²) in [6.45, 7) is 3.92. The zero-order valence-electron chi connectivity index (χ0n) is 4.89. The molecule has 0 saturated carbocycles. The Bertz CT molecular complexity index is 95.8. The molecule has 0 heterocycles. The maximum atomic E-state index is 9.89. The van der Waals surface area contributed by atoms with Crippen LogP contribution in [0.25, 0.3) is 0 Å². The molecular formula is C4H10ClN3O. The Kier molecular flexibility index (Phi) is 8.96. The van der Waals surface area contributed by atoms with Crippen molar-refractivity contribution in [3.8, 4) is 0 Å². The number of halogens is 1. The second-order valence-corrected chi connectivity index (χ2v) is 1.16. The molecule has 0 bridgehead atoms. The van der Waals surface area contributed by atoms with Gasteiger partial charge in [-0.05, 0) is 0 Å². The van der Waals surface area contributed by atoms with Crippen LogP contribution in [0.4, 0.5) is 4.79 Å². The molecule has 54 valence electrons. The molecule has 0 fully saturated rings. The van der Waals surface area contributed by atoms with Crippen LogP contribution in [0.2, 0.25) is 0 Å². The van der Waals surface area contributed by atoms with Gasteiger partial charge in [0, 0.05) is 6.54 Å². The molecule has 0 atom stereocenters. The van der Waals surface area contributed by atoms with Gasteiger partial charge in [0.05, 0.1) is 0 Å². The first-order valence-electron chi connectivity index (χ1n) is 2.16. The fraction of sp³-hybridized carbons (Fsp3) is 0.250. The highest BCUT2D eigenvalue weighted by Crippen LogP contribution is 1.53. The fourth-order valence-corrected chi connectivity index (χ4v) is 0.210. The summed E-state index contributed by atoms with van der Waals surface area (Å²) in [6, 6.07) is -0.591. The third-order valence-corrected chi connectivity index (χ3v) is 0.458. The van der Waals surface area contributed by atoms with E-state index in [-0.39, 0.29) is 12.4 Å². The smallest absolute Gasteiger partial charge is 0.326 e. The van der Waals surface area contributed by atoms with Crippen LogP contribution in [0.3, 0.4) is 0 Å². The second kappa shape index (κ2) is 7.26. The first-order valence-corrected chi connectivity index (χ1v) is 2.16. The van der Waals surface area contributed by atoms with E-state index in [2.05, 4.69) is 23.2 Å². The van der Waals surface area contributed by atoms with Crippen molar-refractivity contribution < 1.29 is 4.79 Å². The maximum Gasteiger partial charge on any atom is 0.326 e. The van der Waals surface area contributed by atoms with Crippen molar-refractivity contribution in [3.05, 3.63) is 12.7 Å². The zero-order chi connectivity index (χ0) is 6.41. The Hall–Kier alpha value is -0.740. The van der Waals surface area contributed by atoms with Gasteiger partial charge in [-0.15, -0.1) is 19.0 Å². The summed E-state index contributed by atoms with van der Waals surface area (Å²) in [4.78, 5) is 9.89. The van der Waals surface area contributed by atoms with Gasteiger partial charge in [-0.3, -0.25) is 5.43 Å². The topological polar surface area (TPSA) is 67.2 Å². The van der Waals surface area contributed by atoms with E-state index in [1.165, 1.54) is 0 Å². The third-order valence-electron chi connectivity index (χ3n) is 0.458. The average Bonchev–Trinajstić information content (AvgIpc) is 1.66. The Balaban J connectivity index is 0.